The van der Waals surface area contributed by atoms with Crippen molar-refractivity contribution < 1.29 is 4.79 Å². The molecule has 0 bridgehead atoms. The predicted octanol–water partition coefficient (Wildman–Crippen LogP) is 4.93. The Morgan fingerprint density at radius 3 is 2.80 bits per heavy atom. The molecule has 0 saturated heterocycles. The van der Waals surface area contributed by atoms with Crippen LogP contribution in [-0.2, 0) is 17.6 Å². The molecule has 1 unspecified atom stereocenters. The van der Waals surface area contributed by atoms with Crippen molar-refractivity contribution in [3.8, 4) is 0 Å². The molecule has 1 aliphatic rings. The van der Waals surface area contributed by atoms with Gasteiger partial charge in [0, 0.05) is 31.3 Å². The van der Waals surface area contributed by atoms with Crippen molar-refractivity contribution in [2.24, 2.45) is 10.1 Å². The molecular formula is C24H31ClN4O. The van der Waals surface area contributed by atoms with Gasteiger partial charge in [0.2, 0.25) is 0 Å². The minimum absolute atomic E-state index is 0.0165. The van der Waals surface area contributed by atoms with E-state index in [2.05, 4.69) is 42.7 Å². The molecule has 0 fully saturated rings. The van der Waals surface area contributed by atoms with Gasteiger partial charge >= 0.3 is 0 Å². The van der Waals surface area contributed by atoms with Gasteiger partial charge in [0.05, 0.1) is 29.5 Å². The second-order valence-electron chi connectivity index (χ2n) is 7.44. The van der Waals surface area contributed by atoms with Crippen molar-refractivity contribution in [2.45, 2.75) is 53.0 Å². The van der Waals surface area contributed by atoms with Crippen LogP contribution in [0.2, 0.25) is 5.02 Å². The highest BCUT2D eigenvalue weighted by molar-refractivity contribution is 6.32. The maximum absolute atomic E-state index is 11.5. The fraction of sp³-hybridized carbons (Fsp3) is 0.417. The number of halogens is 1. The highest BCUT2D eigenvalue weighted by Gasteiger charge is 2.12. The van der Waals surface area contributed by atoms with Crippen LogP contribution in [0.15, 0.2) is 52.1 Å². The first-order valence-electron chi connectivity index (χ1n) is 10.3. The third-order valence-corrected chi connectivity index (χ3v) is 5.36. The van der Waals surface area contributed by atoms with Gasteiger partial charge in [-0.3, -0.25) is 19.8 Å². The van der Waals surface area contributed by atoms with E-state index in [9.17, 15) is 4.79 Å². The van der Waals surface area contributed by atoms with E-state index >= 15 is 0 Å². The summed E-state index contributed by atoms with van der Waals surface area (Å²) >= 11 is 6.52. The summed E-state index contributed by atoms with van der Waals surface area (Å²) < 4.78 is 0. The van der Waals surface area contributed by atoms with E-state index in [-0.39, 0.29) is 11.8 Å². The van der Waals surface area contributed by atoms with E-state index in [4.69, 9.17) is 16.6 Å². The van der Waals surface area contributed by atoms with Crippen LogP contribution >= 0.6 is 11.6 Å². The fourth-order valence-electron chi connectivity index (χ4n) is 3.13. The van der Waals surface area contributed by atoms with E-state index < -0.39 is 0 Å². The summed E-state index contributed by atoms with van der Waals surface area (Å²) in [5.74, 6) is 0.0806. The third kappa shape index (κ3) is 7.06. The van der Waals surface area contributed by atoms with Gasteiger partial charge in [-0.2, -0.15) is 5.10 Å². The number of nitrogens with zero attached hydrogens (tertiary/aromatic N) is 4. The summed E-state index contributed by atoms with van der Waals surface area (Å²) in [6, 6.07) is 1.94. The molecule has 0 radical (unpaired) electrons. The van der Waals surface area contributed by atoms with Crippen molar-refractivity contribution >= 4 is 29.8 Å². The van der Waals surface area contributed by atoms with Crippen molar-refractivity contribution in [1.29, 1.82) is 0 Å². The Labute approximate surface area is 184 Å². The number of hydrogen-bond acceptors (Lipinski definition) is 5. The van der Waals surface area contributed by atoms with Crippen LogP contribution in [0.1, 0.15) is 44.1 Å². The van der Waals surface area contributed by atoms with Crippen molar-refractivity contribution in [2.75, 3.05) is 13.1 Å². The van der Waals surface area contributed by atoms with Gasteiger partial charge < -0.3 is 0 Å². The number of aliphatic imine (C=N–C) groups is 1. The van der Waals surface area contributed by atoms with Gasteiger partial charge in [-0.15, -0.1) is 6.58 Å². The van der Waals surface area contributed by atoms with Crippen molar-refractivity contribution in [3.63, 3.8) is 0 Å². The van der Waals surface area contributed by atoms with Gasteiger partial charge in [0.15, 0.2) is 0 Å². The molecular weight excluding hydrogens is 396 g/mol. The monoisotopic (exact) mass is 426 g/mol. The Kier molecular flexibility index (Phi) is 9.18. The molecule has 0 aliphatic carbocycles. The first kappa shape index (κ1) is 23.7. The van der Waals surface area contributed by atoms with Gasteiger partial charge in [-0.1, -0.05) is 29.8 Å². The Morgan fingerprint density at radius 2 is 2.20 bits per heavy atom. The van der Waals surface area contributed by atoms with Crippen LogP contribution in [0, 0.1) is 6.92 Å². The minimum Gasteiger partial charge on any atom is -0.300 e. The number of hydrogen-bond donors (Lipinski definition) is 0. The predicted molar refractivity (Wildman–Crippen MR) is 127 cm³/mol. The number of aromatic nitrogens is 1. The van der Waals surface area contributed by atoms with Crippen LogP contribution in [0.5, 0.6) is 0 Å². The minimum atomic E-state index is 0.0165. The summed E-state index contributed by atoms with van der Waals surface area (Å²) in [6.07, 6.45) is 11.6. The van der Waals surface area contributed by atoms with Crippen molar-refractivity contribution in [1.82, 2.24) is 9.99 Å². The third-order valence-electron chi connectivity index (χ3n) is 4.84. The summed E-state index contributed by atoms with van der Waals surface area (Å²) in [5, 5.41) is 7.07. The van der Waals surface area contributed by atoms with E-state index in [1.807, 2.05) is 36.5 Å². The SMILES string of the molecule is C=CC/C=C(\C=N/C(C)C1=CCN(CC)N=C1)Cc1cc(CC(C)=O)nc(C)c1Cl. The van der Waals surface area contributed by atoms with Gasteiger partial charge in [-0.25, -0.2) is 0 Å². The molecule has 2 heterocycles. The molecule has 2 rings (SSSR count). The Hall–Kier alpha value is -2.53. The molecule has 1 aliphatic heterocycles. The summed E-state index contributed by atoms with van der Waals surface area (Å²) in [6.45, 7) is 13.1. The maximum atomic E-state index is 11.5. The zero-order chi connectivity index (χ0) is 22.1. The van der Waals surface area contributed by atoms with Crippen LogP contribution in [-0.4, -0.2) is 47.3 Å². The zero-order valence-corrected chi connectivity index (χ0v) is 19.1. The average Bonchev–Trinajstić information content (AvgIpc) is 2.72. The lowest BCUT2D eigenvalue weighted by Gasteiger charge is -2.20. The number of rotatable bonds is 10. The van der Waals surface area contributed by atoms with Crippen LogP contribution in [0.4, 0.5) is 0 Å². The van der Waals surface area contributed by atoms with Gasteiger partial charge in [0.1, 0.15) is 5.78 Å². The number of ketones is 1. The van der Waals surface area contributed by atoms with Crippen molar-refractivity contribution in [3.05, 3.63) is 64.0 Å². The first-order valence-corrected chi connectivity index (χ1v) is 10.7. The molecule has 0 amide bonds. The number of allylic oxidation sites excluding steroid dienone is 3. The Bertz CT molecular complexity index is 899. The summed E-state index contributed by atoms with van der Waals surface area (Å²) in [4.78, 5) is 20.7. The number of hydrazone groups is 1. The normalized spacial score (nSPS) is 15.4. The largest absolute Gasteiger partial charge is 0.300 e. The average molecular weight is 427 g/mol. The lowest BCUT2D eigenvalue weighted by atomic mass is 10.0. The number of pyridine rings is 1. The molecule has 5 nitrogen and oxygen atoms in total. The Balaban J connectivity index is 2.21. The highest BCUT2D eigenvalue weighted by Crippen LogP contribution is 2.23. The first-order chi connectivity index (χ1) is 14.3. The van der Waals surface area contributed by atoms with E-state index in [1.54, 1.807) is 6.92 Å². The number of carbonyl (C=O) groups is 1. The summed E-state index contributed by atoms with van der Waals surface area (Å²) in [5.41, 5.74) is 4.60. The number of carbonyl (C=O) groups excluding carboxylic acids is 1. The second kappa shape index (κ2) is 11.6. The molecule has 0 aromatic carbocycles. The number of aryl methyl sites for hydroxylation is 1. The van der Waals surface area contributed by atoms with Crippen LogP contribution in [0.3, 0.4) is 0 Å². The van der Waals surface area contributed by atoms with E-state index in [1.165, 1.54) is 0 Å². The molecule has 30 heavy (non-hydrogen) atoms. The van der Waals surface area contributed by atoms with E-state index in [0.29, 0.717) is 17.9 Å². The highest BCUT2D eigenvalue weighted by atomic mass is 35.5. The second-order valence-corrected chi connectivity index (χ2v) is 7.82. The molecule has 6 heteroatoms. The molecule has 1 aromatic rings. The lowest BCUT2D eigenvalue weighted by molar-refractivity contribution is -0.116. The fourth-order valence-corrected chi connectivity index (χ4v) is 3.30. The molecule has 1 atom stereocenters. The Morgan fingerprint density at radius 1 is 1.43 bits per heavy atom. The maximum Gasteiger partial charge on any atom is 0.135 e. The molecule has 0 N–H and O–H groups in total. The topological polar surface area (TPSA) is 57.9 Å². The standard InChI is InChI=1S/C24H31ClN4O/c1-6-8-9-20(15-26-18(4)21-10-11-29(7-2)27-16-21)13-22-14-23(12-17(3)30)28-19(5)24(22)25/h6,9-10,14-16,18H,1,7-8,11-13H2,2-5H3/b20-9-,26-15-. The number of Topliss-reactive ketones (excluding diaryl/α,β-unsaturated/α-hetero) is 1. The number of likely N-dealkylation sites (N-methyl/N-ethyl adjacent to an activating group) is 1. The molecule has 0 saturated carbocycles. The van der Waals surface area contributed by atoms with Gasteiger partial charge in [0.25, 0.3) is 0 Å². The van der Waals surface area contributed by atoms with Crippen LogP contribution < -0.4 is 0 Å². The van der Waals surface area contributed by atoms with E-state index in [0.717, 1.165) is 47.6 Å². The van der Waals surface area contributed by atoms with Crippen LogP contribution in [0.25, 0.3) is 0 Å². The zero-order valence-electron chi connectivity index (χ0n) is 18.4. The molecule has 1 aromatic heterocycles. The molecule has 160 valence electrons. The smallest absolute Gasteiger partial charge is 0.135 e. The quantitative estimate of drug-likeness (QED) is 0.393. The molecule has 0 spiro atoms. The lowest BCUT2D eigenvalue weighted by Crippen LogP contribution is -2.23. The summed E-state index contributed by atoms with van der Waals surface area (Å²) in [7, 11) is 0. The van der Waals surface area contributed by atoms with Gasteiger partial charge in [-0.05, 0) is 56.9 Å².